The molecule has 0 amide bonds. The fraction of sp³-hybridized carbons (Fsp3) is 0.125. The van der Waals surface area contributed by atoms with E-state index in [9.17, 15) is 0 Å². The molecule has 35 heavy (non-hydrogen) atoms. The SMILES string of the molecule is Cc1ccc(-c2cc(-n3c4ccc(C)cc4c4cc(C)ccc43)nc(-c3ccc(C)cc3)n2)cc1. The maximum absolute atomic E-state index is 5.12. The van der Waals surface area contributed by atoms with Gasteiger partial charge >= 0.3 is 0 Å². The summed E-state index contributed by atoms with van der Waals surface area (Å²) < 4.78 is 2.28. The second-order valence-electron chi connectivity index (χ2n) is 9.54. The van der Waals surface area contributed by atoms with Gasteiger partial charge in [-0.15, -0.1) is 0 Å². The summed E-state index contributed by atoms with van der Waals surface area (Å²) in [6.45, 7) is 8.50. The highest BCUT2D eigenvalue weighted by Gasteiger charge is 2.16. The molecule has 2 aromatic heterocycles. The lowest BCUT2D eigenvalue weighted by Gasteiger charge is -2.12. The number of hydrogen-bond donors (Lipinski definition) is 0. The fourth-order valence-corrected chi connectivity index (χ4v) is 4.75. The fourth-order valence-electron chi connectivity index (χ4n) is 4.75. The summed E-state index contributed by atoms with van der Waals surface area (Å²) in [4.78, 5) is 10.1. The molecule has 0 saturated heterocycles. The van der Waals surface area contributed by atoms with Gasteiger partial charge in [-0.1, -0.05) is 82.9 Å². The van der Waals surface area contributed by atoms with Gasteiger partial charge in [0.25, 0.3) is 0 Å². The van der Waals surface area contributed by atoms with Crippen LogP contribution >= 0.6 is 0 Å². The van der Waals surface area contributed by atoms with E-state index in [1.807, 2.05) is 0 Å². The van der Waals surface area contributed by atoms with Crippen molar-refractivity contribution in [3.05, 3.63) is 113 Å². The summed E-state index contributed by atoms with van der Waals surface area (Å²) in [6, 6.07) is 32.4. The van der Waals surface area contributed by atoms with Gasteiger partial charge in [-0.25, -0.2) is 9.97 Å². The largest absolute Gasteiger partial charge is 0.294 e. The number of hydrogen-bond acceptors (Lipinski definition) is 2. The normalized spacial score (nSPS) is 11.4. The van der Waals surface area contributed by atoms with Gasteiger partial charge in [0.15, 0.2) is 5.82 Å². The Kier molecular flexibility index (Phi) is 5.00. The first-order valence-electron chi connectivity index (χ1n) is 12.0. The summed E-state index contributed by atoms with van der Waals surface area (Å²) in [5, 5.41) is 2.49. The Balaban J connectivity index is 1.68. The predicted octanol–water partition coefficient (Wildman–Crippen LogP) is 8.14. The van der Waals surface area contributed by atoms with Crippen LogP contribution in [0.2, 0.25) is 0 Å². The predicted molar refractivity (Wildman–Crippen MR) is 146 cm³/mol. The molecule has 0 aliphatic carbocycles. The Hall–Kier alpha value is -4.24. The van der Waals surface area contributed by atoms with Crippen molar-refractivity contribution in [1.82, 2.24) is 14.5 Å². The Morgan fingerprint density at radius 2 is 0.971 bits per heavy atom. The number of nitrogens with zero attached hydrogens (tertiary/aromatic N) is 3. The van der Waals surface area contributed by atoms with E-state index in [-0.39, 0.29) is 0 Å². The third-order valence-electron chi connectivity index (χ3n) is 6.67. The molecule has 3 heteroatoms. The molecule has 0 radical (unpaired) electrons. The zero-order valence-corrected chi connectivity index (χ0v) is 20.5. The molecule has 0 saturated carbocycles. The van der Waals surface area contributed by atoms with Gasteiger partial charge in [-0.05, 0) is 52.0 Å². The van der Waals surface area contributed by atoms with Crippen molar-refractivity contribution in [1.29, 1.82) is 0 Å². The van der Waals surface area contributed by atoms with Crippen molar-refractivity contribution < 1.29 is 0 Å². The van der Waals surface area contributed by atoms with Gasteiger partial charge in [0.05, 0.1) is 16.7 Å². The topological polar surface area (TPSA) is 30.7 Å². The van der Waals surface area contributed by atoms with Gasteiger partial charge in [0.2, 0.25) is 0 Å². The molecular formula is C32H27N3. The molecule has 0 atom stereocenters. The molecule has 3 nitrogen and oxygen atoms in total. The van der Waals surface area contributed by atoms with E-state index in [1.54, 1.807) is 0 Å². The quantitative estimate of drug-likeness (QED) is 0.271. The van der Waals surface area contributed by atoms with E-state index in [0.29, 0.717) is 0 Å². The van der Waals surface area contributed by atoms with Crippen molar-refractivity contribution in [2.24, 2.45) is 0 Å². The number of rotatable bonds is 3. The average Bonchev–Trinajstić information content (AvgIpc) is 3.17. The molecule has 0 fully saturated rings. The second-order valence-corrected chi connectivity index (χ2v) is 9.54. The molecule has 2 heterocycles. The van der Waals surface area contributed by atoms with Crippen molar-refractivity contribution in [3.8, 4) is 28.5 Å². The van der Waals surface area contributed by atoms with E-state index in [2.05, 4.69) is 123 Å². The lowest BCUT2D eigenvalue weighted by atomic mass is 10.1. The van der Waals surface area contributed by atoms with Crippen LogP contribution in [0.25, 0.3) is 50.3 Å². The number of aromatic nitrogens is 3. The molecule has 0 bridgehead atoms. The first-order chi connectivity index (χ1) is 17.0. The van der Waals surface area contributed by atoms with Crippen molar-refractivity contribution in [2.75, 3.05) is 0 Å². The Bertz CT molecular complexity index is 1580. The van der Waals surface area contributed by atoms with Gasteiger partial charge in [0, 0.05) is 28.0 Å². The van der Waals surface area contributed by atoms with Crippen LogP contribution in [0, 0.1) is 27.7 Å². The average molecular weight is 454 g/mol. The highest BCUT2D eigenvalue weighted by molar-refractivity contribution is 6.09. The van der Waals surface area contributed by atoms with E-state index >= 15 is 0 Å². The van der Waals surface area contributed by atoms with Crippen LogP contribution < -0.4 is 0 Å². The lowest BCUT2D eigenvalue weighted by molar-refractivity contribution is 1.05. The van der Waals surface area contributed by atoms with E-state index < -0.39 is 0 Å². The zero-order chi connectivity index (χ0) is 24.1. The van der Waals surface area contributed by atoms with Crippen LogP contribution in [-0.2, 0) is 0 Å². The standard InChI is InChI=1S/C32H27N3/c1-20-5-11-24(12-6-20)28-19-31(34-32(33-28)25-13-7-21(2)8-14-25)35-29-15-9-22(3)17-26(29)27-18-23(4)10-16-30(27)35/h5-19H,1-4H3. The third-order valence-corrected chi connectivity index (χ3v) is 6.67. The summed E-state index contributed by atoms with van der Waals surface area (Å²) in [5.41, 5.74) is 10.3. The molecule has 0 unspecified atom stereocenters. The van der Waals surface area contributed by atoms with Crippen LogP contribution in [0.1, 0.15) is 22.3 Å². The Morgan fingerprint density at radius 1 is 0.486 bits per heavy atom. The summed E-state index contributed by atoms with van der Waals surface area (Å²) in [6.07, 6.45) is 0. The Morgan fingerprint density at radius 3 is 1.51 bits per heavy atom. The number of aryl methyl sites for hydroxylation is 4. The van der Waals surface area contributed by atoms with Gasteiger partial charge in [-0.3, -0.25) is 4.57 Å². The smallest absolute Gasteiger partial charge is 0.162 e. The molecule has 0 N–H and O–H groups in total. The number of fused-ring (bicyclic) bond motifs is 3. The van der Waals surface area contributed by atoms with Crippen LogP contribution in [0.15, 0.2) is 91.0 Å². The Labute approximate surface area is 205 Å². The first kappa shape index (κ1) is 21.3. The van der Waals surface area contributed by atoms with Crippen LogP contribution in [0.5, 0.6) is 0 Å². The molecule has 0 aliphatic rings. The van der Waals surface area contributed by atoms with Crippen LogP contribution in [0.3, 0.4) is 0 Å². The molecule has 0 aliphatic heterocycles. The highest BCUT2D eigenvalue weighted by Crippen LogP contribution is 2.34. The molecular weight excluding hydrogens is 426 g/mol. The molecule has 6 rings (SSSR count). The maximum atomic E-state index is 5.12. The summed E-state index contributed by atoms with van der Waals surface area (Å²) >= 11 is 0. The highest BCUT2D eigenvalue weighted by atomic mass is 15.1. The van der Waals surface area contributed by atoms with Crippen molar-refractivity contribution in [3.63, 3.8) is 0 Å². The molecule has 4 aromatic carbocycles. The van der Waals surface area contributed by atoms with E-state index in [0.717, 1.165) is 39.5 Å². The van der Waals surface area contributed by atoms with Crippen molar-refractivity contribution >= 4 is 21.8 Å². The molecule has 0 spiro atoms. The minimum absolute atomic E-state index is 0.729. The monoisotopic (exact) mass is 453 g/mol. The first-order valence-corrected chi connectivity index (χ1v) is 12.0. The maximum Gasteiger partial charge on any atom is 0.162 e. The van der Waals surface area contributed by atoms with Crippen LogP contribution in [-0.4, -0.2) is 14.5 Å². The third kappa shape index (κ3) is 3.79. The zero-order valence-electron chi connectivity index (χ0n) is 20.5. The van der Waals surface area contributed by atoms with Gasteiger partial charge in [-0.2, -0.15) is 0 Å². The van der Waals surface area contributed by atoms with Crippen LogP contribution in [0.4, 0.5) is 0 Å². The van der Waals surface area contributed by atoms with E-state index in [1.165, 1.54) is 33.0 Å². The second kappa shape index (κ2) is 8.21. The van der Waals surface area contributed by atoms with Gasteiger partial charge in [0.1, 0.15) is 5.82 Å². The number of benzene rings is 4. The summed E-state index contributed by atoms with van der Waals surface area (Å²) in [7, 11) is 0. The molecule has 170 valence electrons. The molecule has 6 aromatic rings. The minimum Gasteiger partial charge on any atom is -0.294 e. The van der Waals surface area contributed by atoms with E-state index in [4.69, 9.17) is 9.97 Å². The summed E-state index contributed by atoms with van der Waals surface area (Å²) in [5.74, 6) is 1.60. The van der Waals surface area contributed by atoms with Gasteiger partial charge < -0.3 is 0 Å². The van der Waals surface area contributed by atoms with Crippen molar-refractivity contribution in [2.45, 2.75) is 27.7 Å². The lowest BCUT2D eigenvalue weighted by Crippen LogP contribution is -2.02. The minimum atomic E-state index is 0.729.